The molecule has 3 nitrogen and oxygen atoms in total. The Kier molecular flexibility index (Phi) is 14.5. The van der Waals surface area contributed by atoms with E-state index in [1.807, 2.05) is 12.1 Å². The fourth-order valence-corrected chi connectivity index (χ4v) is 19.3. The van der Waals surface area contributed by atoms with Crippen LogP contribution in [0.5, 0.6) is 0 Å². The van der Waals surface area contributed by atoms with E-state index in [1.54, 1.807) is 0 Å². The minimum atomic E-state index is 0.834. The van der Waals surface area contributed by atoms with Crippen LogP contribution in [0, 0.1) is 0 Å². The van der Waals surface area contributed by atoms with Crippen LogP contribution in [-0.2, 0) is 0 Å². The molecule has 21 aromatic carbocycles. The maximum absolute atomic E-state index is 7.46. The SMILES string of the molecule is c1ccc(-c2c3ccccc3c(-c3ccc(-c4ccc(-c5ccc(-c6c7ccccc7c(-c7cccc8oc9ccccc9c78)c7ccccc67)cc5)cc4)c4oc5cc(-c6ccc7cc(-c8cccc(-c9c%10ccccc%10c(-c%10ccc%11c(c%10)oc%10ccccc%10%11)c%10ccccc9%10)c8)ccc7c6)ccc5c34)c3ccccc23)cc1. The Hall–Kier alpha value is -15.2. The van der Waals surface area contributed by atoms with Crippen molar-refractivity contribution in [1.82, 2.24) is 0 Å². The van der Waals surface area contributed by atoms with Crippen molar-refractivity contribution >= 4 is 141 Å². The molecule has 24 rings (SSSR count). The van der Waals surface area contributed by atoms with Crippen LogP contribution in [0.15, 0.2) is 414 Å². The predicted molar refractivity (Wildman–Crippen MR) is 485 cm³/mol. The number of benzene rings is 21. The third-order valence-corrected chi connectivity index (χ3v) is 24.4. The molecule has 0 saturated heterocycles. The zero-order chi connectivity index (χ0) is 75.3. The molecule has 0 spiro atoms. The fourth-order valence-electron chi connectivity index (χ4n) is 19.3. The Bertz CT molecular complexity index is 8020. The molecule has 3 aromatic heterocycles. The summed E-state index contributed by atoms with van der Waals surface area (Å²) < 4.78 is 20.4. The second-order valence-electron chi connectivity index (χ2n) is 30.7. The summed E-state index contributed by atoms with van der Waals surface area (Å²) in [6.07, 6.45) is 0. The summed E-state index contributed by atoms with van der Waals surface area (Å²) in [5.74, 6) is 0. The van der Waals surface area contributed by atoms with Crippen LogP contribution in [-0.4, -0.2) is 0 Å². The molecule has 3 heterocycles. The number of rotatable bonds is 10. The molecular weight excluding hydrogens is 1390 g/mol. The van der Waals surface area contributed by atoms with E-state index in [0.717, 1.165) is 121 Å². The summed E-state index contributed by atoms with van der Waals surface area (Å²) >= 11 is 0. The molecule has 0 unspecified atom stereocenters. The molecule has 0 aliphatic carbocycles. The quantitative estimate of drug-likeness (QED) is 0.128. The van der Waals surface area contributed by atoms with Crippen LogP contribution in [0.25, 0.3) is 252 Å². The zero-order valence-corrected chi connectivity index (χ0v) is 62.3. The van der Waals surface area contributed by atoms with Gasteiger partial charge in [-0.25, -0.2) is 0 Å². The van der Waals surface area contributed by atoms with Gasteiger partial charge in [-0.15, -0.1) is 0 Å². The maximum Gasteiger partial charge on any atom is 0.143 e. The highest BCUT2D eigenvalue weighted by Crippen LogP contribution is 2.53. The van der Waals surface area contributed by atoms with Gasteiger partial charge in [-0.1, -0.05) is 334 Å². The summed E-state index contributed by atoms with van der Waals surface area (Å²) in [5, 5.41) is 23.5. The molecule has 3 heteroatoms. The van der Waals surface area contributed by atoms with Crippen LogP contribution in [0.2, 0.25) is 0 Å². The highest BCUT2D eigenvalue weighted by Gasteiger charge is 2.26. The average molecular weight is 1460 g/mol. The lowest BCUT2D eigenvalue weighted by Crippen LogP contribution is -1.92. The molecule has 532 valence electrons. The van der Waals surface area contributed by atoms with Crippen molar-refractivity contribution in [2.75, 3.05) is 0 Å². The molecule has 0 aliphatic heterocycles. The normalized spacial score (nSPS) is 12.0. The molecule has 0 N–H and O–H groups in total. The smallest absolute Gasteiger partial charge is 0.143 e. The van der Waals surface area contributed by atoms with Crippen molar-refractivity contribution in [3.8, 4) is 111 Å². The van der Waals surface area contributed by atoms with E-state index in [2.05, 4.69) is 388 Å². The van der Waals surface area contributed by atoms with E-state index >= 15 is 0 Å². The van der Waals surface area contributed by atoms with Crippen LogP contribution < -0.4 is 0 Å². The van der Waals surface area contributed by atoms with Crippen LogP contribution in [0.3, 0.4) is 0 Å². The third kappa shape index (κ3) is 10.2. The van der Waals surface area contributed by atoms with E-state index in [-0.39, 0.29) is 0 Å². The molecule has 0 amide bonds. The molecule has 0 radical (unpaired) electrons. The molecule has 0 bridgehead atoms. The summed E-state index contributed by atoms with van der Waals surface area (Å²) in [6, 6.07) is 147. The Morgan fingerprint density at radius 2 is 0.435 bits per heavy atom. The minimum absolute atomic E-state index is 0.834. The first-order valence-corrected chi connectivity index (χ1v) is 39.6. The molecular formula is C112H66O3. The minimum Gasteiger partial charge on any atom is -0.456 e. The standard InChI is InChI=1S/C112H66O3/c1-2-22-70(23-3-1)104-87-31-8-14-37-93(87)109(94-38-15-9-32-88(94)104)98-61-60-80(69-48-44-67(45-49-69)68-46-50-71(51-47-68)105-89-33-10-12-35-91(89)108(92-36-13-11-34-90(92)105)97-40-21-43-101-110(97)95-39-17-19-42-100(95)113-101)112-111(98)96-59-56-77(65-103(96)115-112)76-55-54-74-62-73(52-53-75(74)63-76)72-24-20-25-78(64-72)106-83-27-4-6-29-85(83)107(86-30-7-5-28-84(86)106)79-57-58-82-81-26-16-18-41-99(81)114-102(82)66-79/h1-66H. The van der Waals surface area contributed by atoms with Crippen LogP contribution in [0.1, 0.15) is 0 Å². The first-order valence-electron chi connectivity index (χ1n) is 39.6. The Balaban J connectivity index is 0.595. The molecule has 115 heavy (non-hydrogen) atoms. The second kappa shape index (κ2) is 25.7. The van der Waals surface area contributed by atoms with Gasteiger partial charge in [-0.3, -0.25) is 0 Å². The van der Waals surface area contributed by atoms with Gasteiger partial charge >= 0.3 is 0 Å². The molecule has 0 fully saturated rings. The monoisotopic (exact) mass is 1460 g/mol. The van der Waals surface area contributed by atoms with Crippen molar-refractivity contribution in [2.24, 2.45) is 0 Å². The van der Waals surface area contributed by atoms with Gasteiger partial charge in [0.1, 0.15) is 33.5 Å². The number of hydrogen-bond acceptors (Lipinski definition) is 3. The van der Waals surface area contributed by atoms with Gasteiger partial charge < -0.3 is 13.3 Å². The third-order valence-electron chi connectivity index (χ3n) is 24.4. The summed E-state index contributed by atoms with van der Waals surface area (Å²) in [4.78, 5) is 0. The van der Waals surface area contributed by atoms with Gasteiger partial charge in [0.05, 0.1) is 0 Å². The first kappa shape index (κ1) is 64.6. The van der Waals surface area contributed by atoms with E-state index < -0.39 is 0 Å². The Labute approximate surface area is 661 Å². The van der Waals surface area contributed by atoms with Crippen molar-refractivity contribution in [2.45, 2.75) is 0 Å². The van der Waals surface area contributed by atoms with Gasteiger partial charge in [0.2, 0.25) is 0 Å². The van der Waals surface area contributed by atoms with E-state index in [1.165, 1.54) is 131 Å². The van der Waals surface area contributed by atoms with E-state index in [0.29, 0.717) is 0 Å². The van der Waals surface area contributed by atoms with Gasteiger partial charge in [-0.05, 0) is 248 Å². The summed E-state index contributed by atoms with van der Waals surface area (Å²) in [5.41, 5.74) is 28.5. The predicted octanol–water partition coefficient (Wildman–Crippen LogP) is 32.1. The van der Waals surface area contributed by atoms with Crippen LogP contribution >= 0.6 is 0 Å². The topological polar surface area (TPSA) is 39.4 Å². The summed E-state index contributed by atoms with van der Waals surface area (Å²) in [6.45, 7) is 0. The highest BCUT2D eigenvalue weighted by atomic mass is 16.3. The van der Waals surface area contributed by atoms with Gasteiger partial charge in [0.15, 0.2) is 0 Å². The molecule has 0 saturated carbocycles. The second-order valence-corrected chi connectivity index (χ2v) is 30.7. The number of hydrogen-bond donors (Lipinski definition) is 0. The number of para-hydroxylation sites is 2. The number of fused-ring (bicyclic) bond motifs is 16. The molecule has 0 atom stereocenters. The average Bonchev–Trinajstić information content (AvgIpc) is 1.71. The van der Waals surface area contributed by atoms with E-state index in [4.69, 9.17) is 13.3 Å². The van der Waals surface area contributed by atoms with Crippen molar-refractivity contribution in [1.29, 1.82) is 0 Å². The molecule has 24 aromatic rings. The lowest BCUT2D eigenvalue weighted by molar-refractivity contribution is 0.668. The number of furan rings is 3. The van der Waals surface area contributed by atoms with Crippen molar-refractivity contribution in [3.63, 3.8) is 0 Å². The van der Waals surface area contributed by atoms with E-state index in [9.17, 15) is 0 Å². The molecule has 0 aliphatic rings. The van der Waals surface area contributed by atoms with Crippen molar-refractivity contribution < 1.29 is 13.3 Å². The van der Waals surface area contributed by atoms with Gasteiger partial charge in [0.25, 0.3) is 0 Å². The summed E-state index contributed by atoms with van der Waals surface area (Å²) in [7, 11) is 0. The maximum atomic E-state index is 7.46. The van der Waals surface area contributed by atoms with Crippen molar-refractivity contribution in [3.05, 3.63) is 400 Å². The van der Waals surface area contributed by atoms with Gasteiger partial charge in [0, 0.05) is 37.9 Å². The van der Waals surface area contributed by atoms with Gasteiger partial charge in [-0.2, -0.15) is 0 Å². The largest absolute Gasteiger partial charge is 0.456 e. The lowest BCUT2D eigenvalue weighted by Gasteiger charge is -2.19. The Morgan fingerprint density at radius 1 is 0.130 bits per heavy atom. The first-order chi connectivity index (χ1) is 57.0. The fraction of sp³-hybridized carbons (Fsp3) is 0. The zero-order valence-electron chi connectivity index (χ0n) is 62.3. The highest BCUT2D eigenvalue weighted by molar-refractivity contribution is 6.29. The van der Waals surface area contributed by atoms with Crippen LogP contribution in [0.4, 0.5) is 0 Å². The Morgan fingerprint density at radius 3 is 0.983 bits per heavy atom. The lowest BCUT2D eigenvalue weighted by atomic mass is 9.84.